The Kier molecular flexibility index (Phi) is 9.09. The first kappa shape index (κ1) is 32.9. The van der Waals surface area contributed by atoms with Crippen LogP contribution in [0.15, 0.2) is 34.3 Å². The standard InChI is InChI=1S/C33H44O9/c1-15(2)11-10-12-33(9)21(34)14-19-27(38)22(24(35)16(3)4)26(37)18(29(19)42-33)13-20-28(39)23(25(36)17(5)6)31(41)32(7,8)30(20)40/h11,16-17,21,34,37-40H,10,12-14H2,1-9H3. The Bertz CT molecular complexity index is 1420. The van der Waals surface area contributed by atoms with Gasteiger partial charge in [-0.2, -0.15) is 0 Å². The zero-order chi connectivity index (χ0) is 32.1. The lowest BCUT2D eigenvalue weighted by Crippen LogP contribution is -2.49. The summed E-state index contributed by atoms with van der Waals surface area (Å²) in [4.78, 5) is 39.4. The van der Waals surface area contributed by atoms with Crippen LogP contribution in [0.4, 0.5) is 0 Å². The molecule has 0 saturated heterocycles. The summed E-state index contributed by atoms with van der Waals surface area (Å²) in [5, 5.41) is 56.3. The van der Waals surface area contributed by atoms with Crippen molar-refractivity contribution in [1.29, 1.82) is 0 Å². The van der Waals surface area contributed by atoms with Gasteiger partial charge >= 0.3 is 0 Å². The highest BCUT2D eigenvalue weighted by molar-refractivity contribution is 6.24. The lowest BCUT2D eigenvalue weighted by molar-refractivity contribution is -0.128. The Hall–Kier alpha value is -3.59. The number of aliphatic hydroxyl groups excluding tert-OH is 3. The number of ether oxygens (including phenoxy) is 1. The SMILES string of the molecule is CC(C)=CCCC1(C)Oc2c(CC3=C(O)C(C)(C)C(=O)C(C(=O)C(C)C)=C3O)c(O)c(C(=O)C(C)C)c(O)c2CC1O. The Morgan fingerprint density at radius 3 is 2.07 bits per heavy atom. The number of aromatic hydroxyl groups is 2. The molecule has 1 aromatic carbocycles. The zero-order valence-electron chi connectivity index (χ0n) is 26.0. The third-order valence-electron chi connectivity index (χ3n) is 8.31. The molecule has 0 spiro atoms. The number of hydrogen-bond acceptors (Lipinski definition) is 9. The molecule has 0 bridgehead atoms. The summed E-state index contributed by atoms with van der Waals surface area (Å²) in [6.45, 7) is 14.8. The summed E-state index contributed by atoms with van der Waals surface area (Å²) in [7, 11) is 0. The molecule has 0 radical (unpaired) electrons. The van der Waals surface area contributed by atoms with Gasteiger partial charge in [-0.3, -0.25) is 14.4 Å². The van der Waals surface area contributed by atoms with Gasteiger partial charge in [0.2, 0.25) is 0 Å². The number of Topliss-reactive ketones (excluding diaryl/α,β-unsaturated/α-hetero) is 3. The molecule has 9 nitrogen and oxygen atoms in total. The molecule has 2 aliphatic rings. The molecule has 3 rings (SSSR count). The van der Waals surface area contributed by atoms with E-state index in [1.165, 1.54) is 13.8 Å². The van der Waals surface area contributed by atoms with E-state index in [1.807, 2.05) is 19.9 Å². The van der Waals surface area contributed by atoms with E-state index in [4.69, 9.17) is 4.74 Å². The number of aliphatic hydroxyl groups is 3. The van der Waals surface area contributed by atoms with Crippen LogP contribution >= 0.6 is 0 Å². The summed E-state index contributed by atoms with van der Waals surface area (Å²) in [6, 6.07) is 0. The lowest BCUT2D eigenvalue weighted by atomic mass is 9.72. The van der Waals surface area contributed by atoms with Gasteiger partial charge in [-0.25, -0.2) is 0 Å². The first-order valence-electron chi connectivity index (χ1n) is 14.4. The van der Waals surface area contributed by atoms with E-state index in [2.05, 4.69) is 0 Å². The number of phenols is 2. The minimum atomic E-state index is -1.57. The van der Waals surface area contributed by atoms with Crippen molar-refractivity contribution < 1.29 is 44.7 Å². The van der Waals surface area contributed by atoms with Crippen molar-refractivity contribution in [1.82, 2.24) is 0 Å². The molecule has 1 aliphatic heterocycles. The first-order chi connectivity index (χ1) is 19.3. The van der Waals surface area contributed by atoms with Crippen molar-refractivity contribution in [3.8, 4) is 17.2 Å². The first-order valence-corrected chi connectivity index (χ1v) is 14.4. The highest BCUT2D eigenvalue weighted by atomic mass is 16.5. The largest absolute Gasteiger partial charge is 0.511 e. The lowest BCUT2D eigenvalue weighted by Gasteiger charge is -2.41. The molecule has 2 atom stereocenters. The number of ketones is 3. The van der Waals surface area contributed by atoms with Gasteiger partial charge in [0, 0.05) is 41.4 Å². The maximum absolute atomic E-state index is 13.2. The fraction of sp³-hybridized carbons (Fsp3) is 0.545. The molecule has 1 heterocycles. The summed E-state index contributed by atoms with van der Waals surface area (Å²) >= 11 is 0. The molecule has 1 aromatic rings. The van der Waals surface area contributed by atoms with E-state index in [9.17, 15) is 39.9 Å². The molecule has 230 valence electrons. The van der Waals surface area contributed by atoms with Crippen LogP contribution in [-0.2, 0) is 22.4 Å². The molecule has 9 heteroatoms. The van der Waals surface area contributed by atoms with Crippen molar-refractivity contribution in [2.24, 2.45) is 17.3 Å². The van der Waals surface area contributed by atoms with E-state index >= 15 is 0 Å². The molecule has 5 N–H and O–H groups in total. The van der Waals surface area contributed by atoms with Crippen LogP contribution in [0.3, 0.4) is 0 Å². The fourth-order valence-corrected chi connectivity index (χ4v) is 5.41. The molecule has 0 aromatic heterocycles. The number of fused-ring (bicyclic) bond motifs is 1. The fourth-order valence-electron chi connectivity index (χ4n) is 5.41. The van der Waals surface area contributed by atoms with Crippen molar-refractivity contribution in [2.75, 3.05) is 0 Å². The summed E-state index contributed by atoms with van der Waals surface area (Å²) in [5.41, 5.74) is -2.55. The smallest absolute Gasteiger partial charge is 0.183 e. The van der Waals surface area contributed by atoms with Gasteiger partial charge in [-0.15, -0.1) is 0 Å². The predicted octanol–water partition coefficient (Wildman–Crippen LogP) is 5.74. The number of carbonyl (C=O) groups is 3. The van der Waals surface area contributed by atoms with Crippen molar-refractivity contribution in [2.45, 2.75) is 99.7 Å². The minimum absolute atomic E-state index is 0.00912. The zero-order valence-corrected chi connectivity index (χ0v) is 26.0. The van der Waals surface area contributed by atoms with E-state index in [1.54, 1.807) is 34.6 Å². The molecule has 42 heavy (non-hydrogen) atoms. The van der Waals surface area contributed by atoms with Crippen LogP contribution in [0.25, 0.3) is 0 Å². The van der Waals surface area contributed by atoms with E-state index in [-0.39, 0.29) is 34.4 Å². The number of hydrogen-bond donors (Lipinski definition) is 5. The second-order valence-corrected chi connectivity index (χ2v) is 13.0. The molecule has 1 aliphatic carbocycles. The van der Waals surface area contributed by atoms with Crippen LogP contribution in [0.5, 0.6) is 17.2 Å². The maximum Gasteiger partial charge on any atom is 0.183 e. The number of carbonyl (C=O) groups excluding carboxylic acids is 3. The average Bonchev–Trinajstić information content (AvgIpc) is 2.88. The normalized spacial score (nSPS) is 21.9. The third-order valence-corrected chi connectivity index (χ3v) is 8.31. The van der Waals surface area contributed by atoms with Crippen molar-refractivity contribution >= 4 is 17.3 Å². The van der Waals surface area contributed by atoms with Gasteiger partial charge in [0.05, 0.1) is 11.5 Å². The minimum Gasteiger partial charge on any atom is -0.511 e. The van der Waals surface area contributed by atoms with Gasteiger partial charge in [0.1, 0.15) is 45.5 Å². The summed E-state index contributed by atoms with van der Waals surface area (Å²) in [6.07, 6.45) is 1.37. The second-order valence-electron chi connectivity index (χ2n) is 13.0. The Morgan fingerprint density at radius 2 is 1.55 bits per heavy atom. The van der Waals surface area contributed by atoms with Gasteiger partial charge in [-0.05, 0) is 47.5 Å². The Balaban J connectivity index is 2.33. The highest BCUT2D eigenvalue weighted by Crippen LogP contribution is 2.51. The average molecular weight is 585 g/mol. The van der Waals surface area contributed by atoms with E-state index in [0.29, 0.717) is 12.8 Å². The molecular formula is C33H44O9. The van der Waals surface area contributed by atoms with Crippen molar-refractivity contribution in [3.63, 3.8) is 0 Å². The summed E-state index contributed by atoms with van der Waals surface area (Å²) < 4.78 is 6.35. The monoisotopic (exact) mass is 584 g/mol. The molecule has 0 saturated carbocycles. The molecule has 2 unspecified atom stereocenters. The predicted molar refractivity (Wildman–Crippen MR) is 158 cm³/mol. The Morgan fingerprint density at radius 1 is 0.976 bits per heavy atom. The van der Waals surface area contributed by atoms with Crippen molar-refractivity contribution in [3.05, 3.63) is 51.0 Å². The van der Waals surface area contributed by atoms with E-state index < -0.39 is 81.3 Å². The molecular weight excluding hydrogens is 540 g/mol. The van der Waals surface area contributed by atoms with Crippen LogP contribution in [-0.4, -0.2) is 54.6 Å². The molecule has 0 fully saturated rings. The van der Waals surface area contributed by atoms with Gasteiger partial charge in [0.25, 0.3) is 0 Å². The van der Waals surface area contributed by atoms with Crippen LogP contribution in [0.2, 0.25) is 0 Å². The number of allylic oxidation sites excluding steroid dienone is 5. The number of phenolic OH excluding ortho intramolecular Hbond substituents is 2. The second kappa shape index (κ2) is 11.6. The molecule has 0 amide bonds. The quantitative estimate of drug-likeness (QED) is 0.138. The number of rotatable bonds is 9. The topological polar surface area (TPSA) is 162 Å². The highest BCUT2D eigenvalue weighted by Gasteiger charge is 2.47. The Labute approximate surface area is 247 Å². The van der Waals surface area contributed by atoms with E-state index in [0.717, 1.165) is 5.57 Å². The number of benzene rings is 1. The summed E-state index contributed by atoms with van der Waals surface area (Å²) in [5.74, 6) is -5.45. The van der Waals surface area contributed by atoms with Gasteiger partial charge in [-0.1, -0.05) is 39.3 Å². The van der Waals surface area contributed by atoms with Crippen LogP contribution in [0, 0.1) is 17.3 Å². The van der Waals surface area contributed by atoms with Crippen LogP contribution in [0.1, 0.15) is 96.6 Å². The maximum atomic E-state index is 13.2. The third kappa shape index (κ3) is 5.59. The van der Waals surface area contributed by atoms with Gasteiger partial charge < -0.3 is 30.3 Å². The van der Waals surface area contributed by atoms with Gasteiger partial charge in [0.15, 0.2) is 17.3 Å². The van der Waals surface area contributed by atoms with Crippen LogP contribution < -0.4 is 4.74 Å².